The highest BCUT2D eigenvalue weighted by Crippen LogP contribution is 1.94. The number of aryl methyl sites for hydroxylation is 2. The Hall–Kier alpha value is -1.50. The summed E-state index contributed by atoms with van der Waals surface area (Å²) in [7, 11) is 2.21. The normalized spacial score (nSPS) is 10.0. The summed E-state index contributed by atoms with van der Waals surface area (Å²) >= 11 is 0. The van der Waals surface area contributed by atoms with Gasteiger partial charge >= 0.3 is 0 Å². The van der Waals surface area contributed by atoms with E-state index in [1.165, 1.54) is 22.1 Å². The van der Waals surface area contributed by atoms with Gasteiger partial charge in [0, 0.05) is 0 Å². The number of rotatable bonds is 2. The topological polar surface area (TPSA) is 0 Å². The molecule has 0 saturated heterocycles. The van der Waals surface area contributed by atoms with Crippen LogP contribution in [0.25, 0.3) is 0 Å². The highest BCUT2D eigenvalue weighted by atomic mass is 13.9. The summed E-state index contributed by atoms with van der Waals surface area (Å²) in [4.78, 5) is 0. The van der Waals surface area contributed by atoms with Crippen molar-refractivity contribution >= 4 is 18.2 Å². The van der Waals surface area contributed by atoms with Crippen LogP contribution >= 0.6 is 0 Å². The van der Waals surface area contributed by atoms with Crippen molar-refractivity contribution in [2.75, 3.05) is 0 Å². The van der Waals surface area contributed by atoms with Crippen LogP contribution in [0.1, 0.15) is 11.1 Å². The average Bonchev–Trinajstić information content (AvgIpc) is 2.17. The summed E-state index contributed by atoms with van der Waals surface area (Å²) in [5.74, 6) is 0. The van der Waals surface area contributed by atoms with E-state index in [1.54, 1.807) is 0 Å². The maximum absolute atomic E-state index is 2.21. The SMILES string of the molecule is Cc1cccc([B]c2cccc(C)c2)c1. The number of hydrogen-bond acceptors (Lipinski definition) is 0. The van der Waals surface area contributed by atoms with E-state index in [4.69, 9.17) is 0 Å². The minimum Gasteiger partial charge on any atom is -0.0812 e. The zero-order chi connectivity index (χ0) is 10.7. The standard InChI is InChI=1S/C14H14B/c1-11-5-3-7-13(9-11)15-14-8-4-6-12(2)10-14/h3-10H,1-2H3. The molecule has 0 bridgehead atoms. The van der Waals surface area contributed by atoms with Gasteiger partial charge in [-0.25, -0.2) is 0 Å². The monoisotopic (exact) mass is 193 g/mol. The van der Waals surface area contributed by atoms with Crippen LogP contribution in [0, 0.1) is 13.8 Å². The van der Waals surface area contributed by atoms with Gasteiger partial charge in [-0.1, -0.05) is 70.6 Å². The van der Waals surface area contributed by atoms with E-state index in [1.807, 2.05) is 0 Å². The second kappa shape index (κ2) is 4.35. The molecule has 2 rings (SSSR count). The Kier molecular flexibility index (Phi) is 2.91. The van der Waals surface area contributed by atoms with Crippen molar-refractivity contribution < 1.29 is 0 Å². The van der Waals surface area contributed by atoms with Gasteiger partial charge in [0.15, 0.2) is 7.28 Å². The zero-order valence-electron chi connectivity index (χ0n) is 9.20. The summed E-state index contributed by atoms with van der Waals surface area (Å²) in [5, 5.41) is 0. The van der Waals surface area contributed by atoms with Crippen LogP contribution in [0.3, 0.4) is 0 Å². The molecule has 1 heteroatoms. The Morgan fingerprint density at radius 3 is 1.60 bits per heavy atom. The lowest BCUT2D eigenvalue weighted by atomic mass is 9.63. The van der Waals surface area contributed by atoms with Gasteiger partial charge in [0.1, 0.15) is 0 Å². The van der Waals surface area contributed by atoms with E-state index in [-0.39, 0.29) is 0 Å². The molecule has 0 fully saturated rings. The van der Waals surface area contributed by atoms with Gasteiger partial charge in [-0.05, 0) is 13.8 Å². The lowest BCUT2D eigenvalue weighted by molar-refractivity contribution is 1.49. The fourth-order valence-electron chi connectivity index (χ4n) is 1.71. The summed E-state index contributed by atoms with van der Waals surface area (Å²) < 4.78 is 0. The highest BCUT2D eigenvalue weighted by Gasteiger charge is 1.98. The van der Waals surface area contributed by atoms with Crippen LogP contribution in [0.4, 0.5) is 0 Å². The molecular weight excluding hydrogens is 179 g/mol. The van der Waals surface area contributed by atoms with Crippen molar-refractivity contribution in [3.05, 3.63) is 59.7 Å². The Bertz CT molecular complexity index is 417. The third-order valence-electron chi connectivity index (χ3n) is 2.42. The van der Waals surface area contributed by atoms with Crippen LogP contribution in [0.5, 0.6) is 0 Å². The average molecular weight is 193 g/mol. The lowest BCUT2D eigenvalue weighted by Gasteiger charge is -2.02. The van der Waals surface area contributed by atoms with Crippen LogP contribution in [-0.2, 0) is 0 Å². The third kappa shape index (κ3) is 2.72. The predicted octanol–water partition coefficient (Wildman–Crippen LogP) is 1.96. The molecule has 0 aliphatic carbocycles. The highest BCUT2D eigenvalue weighted by molar-refractivity contribution is 6.67. The van der Waals surface area contributed by atoms with Crippen LogP contribution in [0.15, 0.2) is 48.5 Å². The molecular formula is C14H14B. The molecule has 0 spiro atoms. The molecule has 73 valence electrons. The molecule has 0 aliphatic rings. The first-order valence-electron chi connectivity index (χ1n) is 5.22. The molecule has 0 saturated carbocycles. The number of hydrogen-bond donors (Lipinski definition) is 0. The van der Waals surface area contributed by atoms with Gasteiger partial charge in [0.25, 0.3) is 0 Å². The van der Waals surface area contributed by atoms with E-state index in [2.05, 4.69) is 69.7 Å². The van der Waals surface area contributed by atoms with Gasteiger partial charge in [-0.15, -0.1) is 0 Å². The molecule has 0 aliphatic heterocycles. The lowest BCUT2D eigenvalue weighted by Crippen LogP contribution is -2.27. The molecule has 0 heterocycles. The Balaban J connectivity index is 2.22. The third-order valence-corrected chi connectivity index (χ3v) is 2.42. The molecule has 0 unspecified atom stereocenters. The molecule has 0 amide bonds. The maximum Gasteiger partial charge on any atom is 0.191 e. The van der Waals surface area contributed by atoms with Gasteiger partial charge in [-0.2, -0.15) is 0 Å². The second-order valence-corrected chi connectivity index (χ2v) is 3.97. The van der Waals surface area contributed by atoms with Crippen molar-refractivity contribution in [3.63, 3.8) is 0 Å². The molecule has 15 heavy (non-hydrogen) atoms. The first kappa shape index (κ1) is 10.0. The van der Waals surface area contributed by atoms with Crippen molar-refractivity contribution in [2.45, 2.75) is 13.8 Å². The van der Waals surface area contributed by atoms with E-state index in [0.717, 1.165) is 0 Å². The molecule has 2 aromatic rings. The molecule has 0 N–H and O–H groups in total. The summed E-state index contributed by atoms with van der Waals surface area (Å²) in [6, 6.07) is 17.1. The van der Waals surface area contributed by atoms with Crippen LogP contribution < -0.4 is 10.9 Å². The smallest absolute Gasteiger partial charge is 0.0812 e. The van der Waals surface area contributed by atoms with Gasteiger partial charge in [0.05, 0.1) is 0 Å². The van der Waals surface area contributed by atoms with Crippen molar-refractivity contribution in [3.8, 4) is 0 Å². The fourth-order valence-corrected chi connectivity index (χ4v) is 1.71. The van der Waals surface area contributed by atoms with Crippen molar-refractivity contribution in [1.29, 1.82) is 0 Å². The maximum atomic E-state index is 2.21. The largest absolute Gasteiger partial charge is 0.191 e. The number of benzene rings is 2. The fraction of sp³-hybridized carbons (Fsp3) is 0.143. The Morgan fingerprint density at radius 1 is 0.733 bits per heavy atom. The minimum atomic E-state index is 1.26. The summed E-state index contributed by atoms with van der Waals surface area (Å²) in [5.41, 5.74) is 5.13. The Morgan fingerprint density at radius 2 is 1.20 bits per heavy atom. The van der Waals surface area contributed by atoms with Gasteiger partial charge in [0.2, 0.25) is 0 Å². The zero-order valence-corrected chi connectivity index (χ0v) is 9.20. The second-order valence-electron chi connectivity index (χ2n) is 3.97. The molecule has 0 aromatic heterocycles. The van der Waals surface area contributed by atoms with Crippen LogP contribution in [0.2, 0.25) is 0 Å². The molecule has 0 atom stereocenters. The first-order valence-corrected chi connectivity index (χ1v) is 5.22. The molecule has 1 radical (unpaired) electrons. The first-order chi connectivity index (χ1) is 7.24. The van der Waals surface area contributed by atoms with Crippen molar-refractivity contribution in [2.24, 2.45) is 0 Å². The van der Waals surface area contributed by atoms with E-state index in [0.29, 0.717) is 0 Å². The van der Waals surface area contributed by atoms with E-state index >= 15 is 0 Å². The summed E-state index contributed by atoms with van der Waals surface area (Å²) in [6.45, 7) is 4.24. The molecule has 2 aromatic carbocycles. The summed E-state index contributed by atoms with van der Waals surface area (Å²) in [6.07, 6.45) is 0. The Labute approximate surface area is 92.2 Å². The van der Waals surface area contributed by atoms with E-state index in [9.17, 15) is 0 Å². The van der Waals surface area contributed by atoms with Crippen LogP contribution in [-0.4, -0.2) is 7.28 Å². The van der Waals surface area contributed by atoms with Gasteiger partial charge < -0.3 is 0 Å². The van der Waals surface area contributed by atoms with Crippen molar-refractivity contribution in [1.82, 2.24) is 0 Å². The van der Waals surface area contributed by atoms with E-state index < -0.39 is 0 Å². The molecule has 0 nitrogen and oxygen atoms in total. The predicted molar refractivity (Wildman–Crippen MR) is 67.4 cm³/mol. The van der Waals surface area contributed by atoms with Gasteiger partial charge in [-0.3, -0.25) is 0 Å². The quantitative estimate of drug-likeness (QED) is 0.639. The minimum absolute atomic E-state index is 1.26.